The molecule has 3 unspecified atom stereocenters. The Bertz CT molecular complexity index is 1660. The van der Waals surface area contributed by atoms with E-state index in [-0.39, 0.29) is 61.4 Å². The number of methoxy groups -OCH3 is 1. The fraction of sp³-hybridized carbons (Fsp3) is 0.632. The molecule has 4 bridgehead atoms. The number of hydrogen-bond acceptors (Lipinski definition) is 8. The molecular formula is C38H51N2O8P. The number of hydrogen-bond donors (Lipinski definition) is 1. The number of pyridine rings is 1. The number of carbonyl (C=O) groups is 3. The largest absolute Gasteiger partial charge is 0.496 e. The van der Waals surface area contributed by atoms with Gasteiger partial charge in [-0.1, -0.05) is 32.8 Å². The highest BCUT2D eigenvalue weighted by molar-refractivity contribution is 7.59. The number of cyclic esters (lactones) is 1. The summed E-state index contributed by atoms with van der Waals surface area (Å²) in [6.07, 6.45) is 9.28. The lowest BCUT2D eigenvalue weighted by Gasteiger charge is -2.32. The molecule has 1 N–H and O–H groups in total. The number of aromatic nitrogens is 1. The van der Waals surface area contributed by atoms with Crippen molar-refractivity contribution in [3.05, 3.63) is 42.6 Å². The summed E-state index contributed by atoms with van der Waals surface area (Å²) in [5.74, 6) is -0.583. The van der Waals surface area contributed by atoms with Gasteiger partial charge >= 0.3 is 5.97 Å². The van der Waals surface area contributed by atoms with Gasteiger partial charge in [0.15, 0.2) is 5.78 Å². The van der Waals surface area contributed by atoms with E-state index in [0.717, 1.165) is 67.0 Å². The maximum atomic E-state index is 14.6. The average Bonchev–Trinajstić information content (AvgIpc) is 3.35. The Morgan fingerprint density at radius 1 is 1.22 bits per heavy atom. The molecule has 2 aromatic rings. The van der Waals surface area contributed by atoms with Crippen molar-refractivity contribution in [2.75, 3.05) is 26.9 Å². The van der Waals surface area contributed by atoms with Crippen LogP contribution >= 0.6 is 7.37 Å². The van der Waals surface area contributed by atoms with Crippen molar-refractivity contribution in [1.82, 2.24) is 9.88 Å². The molecular weight excluding hydrogens is 643 g/mol. The summed E-state index contributed by atoms with van der Waals surface area (Å²) in [6, 6.07) is 5.08. The van der Waals surface area contributed by atoms with Crippen LogP contribution in [0.1, 0.15) is 83.6 Å². The zero-order valence-corrected chi connectivity index (χ0v) is 30.2. The molecule has 1 aromatic heterocycles. The number of amides is 1. The number of fused-ring (bicyclic) bond motifs is 3. The highest BCUT2D eigenvalue weighted by Crippen LogP contribution is 2.71. The second kappa shape index (κ2) is 13.8. The summed E-state index contributed by atoms with van der Waals surface area (Å²) in [5, 5.41) is 0.654. The summed E-state index contributed by atoms with van der Waals surface area (Å²) < 4.78 is 31.3. The minimum atomic E-state index is -3.66. The maximum Gasteiger partial charge on any atom is 0.306 e. The van der Waals surface area contributed by atoms with Gasteiger partial charge in [0, 0.05) is 31.1 Å². The first kappa shape index (κ1) is 35.6. The summed E-state index contributed by atoms with van der Waals surface area (Å²) >= 11 is 0. The fourth-order valence-electron chi connectivity index (χ4n) is 8.53. The molecule has 266 valence electrons. The minimum Gasteiger partial charge on any atom is -0.496 e. The monoisotopic (exact) mass is 694 g/mol. The Kier molecular flexibility index (Phi) is 10.0. The first-order valence-corrected chi connectivity index (χ1v) is 19.9. The van der Waals surface area contributed by atoms with E-state index in [1.165, 1.54) is 6.66 Å². The van der Waals surface area contributed by atoms with Crippen LogP contribution in [0.5, 0.6) is 11.6 Å². The molecule has 11 heteroatoms. The Balaban J connectivity index is 1.38. The topological polar surface area (TPSA) is 132 Å². The van der Waals surface area contributed by atoms with Crippen molar-refractivity contribution in [2.45, 2.75) is 102 Å². The van der Waals surface area contributed by atoms with Gasteiger partial charge in [0.05, 0.1) is 43.8 Å². The second-order valence-corrected chi connectivity index (χ2v) is 18.3. The standard InChI is InChI=1S/C38H51N2O8P/c1-6-27-20-38(27,49(5,44)45)21-32(41)31-18-28-22-40(31)36(43)30(24-10-7-8-11-24)19-34(42)47-23-37(2,3)14-9-12-26-16-29-25(17-33(26)46-4)13-15-39-35(29)48-28/h6,13,15-17,24,27-28,30-31H,1,7-12,14,18-23H2,2-5H3,(H,44,45)/t27?,28-,30+,31+,38?/m1/s1. The molecule has 2 saturated carbocycles. The number of benzene rings is 1. The first-order chi connectivity index (χ1) is 23.2. The third-order valence-corrected chi connectivity index (χ3v) is 13.9. The normalized spacial score (nSPS) is 30.6. The van der Waals surface area contributed by atoms with Gasteiger partial charge in [-0.25, -0.2) is 4.98 Å². The second-order valence-electron chi connectivity index (χ2n) is 15.7. The van der Waals surface area contributed by atoms with Gasteiger partial charge in [0.25, 0.3) is 0 Å². The predicted molar refractivity (Wildman–Crippen MR) is 187 cm³/mol. The molecule has 49 heavy (non-hydrogen) atoms. The van der Waals surface area contributed by atoms with Crippen LogP contribution in [0.25, 0.3) is 10.8 Å². The Morgan fingerprint density at radius 3 is 2.65 bits per heavy atom. The molecule has 0 spiro atoms. The highest BCUT2D eigenvalue weighted by Gasteiger charge is 2.63. The molecule has 2 aliphatic heterocycles. The maximum absolute atomic E-state index is 14.6. The van der Waals surface area contributed by atoms with Crippen molar-refractivity contribution < 1.29 is 38.1 Å². The lowest BCUT2D eigenvalue weighted by molar-refractivity contribution is -0.153. The van der Waals surface area contributed by atoms with Crippen LogP contribution in [0.3, 0.4) is 0 Å². The van der Waals surface area contributed by atoms with E-state index >= 15 is 0 Å². The summed E-state index contributed by atoms with van der Waals surface area (Å²) in [6.45, 7) is 9.68. The van der Waals surface area contributed by atoms with Gasteiger partial charge in [-0.2, -0.15) is 0 Å². The van der Waals surface area contributed by atoms with Gasteiger partial charge < -0.3 is 24.0 Å². The van der Waals surface area contributed by atoms with Crippen molar-refractivity contribution >= 4 is 35.8 Å². The molecule has 1 amide bonds. The molecule has 3 fully saturated rings. The van der Waals surface area contributed by atoms with Gasteiger partial charge in [-0.3, -0.25) is 18.9 Å². The van der Waals surface area contributed by atoms with Crippen molar-refractivity contribution in [1.29, 1.82) is 0 Å². The van der Waals surface area contributed by atoms with E-state index in [1.54, 1.807) is 24.3 Å². The van der Waals surface area contributed by atoms with Gasteiger partial charge in [-0.15, -0.1) is 6.58 Å². The van der Waals surface area contributed by atoms with Gasteiger partial charge in [-0.05, 0) is 84.9 Å². The van der Waals surface area contributed by atoms with Crippen molar-refractivity contribution in [3.63, 3.8) is 0 Å². The number of ether oxygens (including phenoxy) is 3. The Labute approximate surface area is 289 Å². The lowest BCUT2D eigenvalue weighted by atomic mass is 9.86. The van der Waals surface area contributed by atoms with Gasteiger partial charge in [0.1, 0.15) is 11.9 Å². The minimum absolute atomic E-state index is 0.00994. The molecule has 6 rings (SSSR count). The van der Waals surface area contributed by atoms with Crippen LogP contribution in [0.15, 0.2) is 37.1 Å². The van der Waals surface area contributed by atoms with Crippen LogP contribution in [0.4, 0.5) is 0 Å². The quantitative estimate of drug-likeness (QED) is 0.196. The number of nitrogens with zero attached hydrogens (tertiary/aromatic N) is 2. The van der Waals surface area contributed by atoms with E-state index in [4.69, 9.17) is 14.2 Å². The molecule has 0 radical (unpaired) electrons. The van der Waals surface area contributed by atoms with E-state index in [2.05, 4.69) is 31.5 Å². The summed E-state index contributed by atoms with van der Waals surface area (Å²) in [4.78, 5) is 59.2. The molecule has 10 nitrogen and oxygen atoms in total. The molecule has 3 heterocycles. The zero-order chi connectivity index (χ0) is 35.1. The Hall–Kier alpha value is -3.23. The SMILES string of the molecule is C=CC1CC1(CC(=O)[C@@H]1C[C@@H]2CN1C(=O)[C@H](C1CCCC1)CC(=O)OCC(C)(C)CCCc1cc3c(nccc3cc1OC)O2)P(C)(=O)O. The van der Waals surface area contributed by atoms with Crippen molar-refractivity contribution in [3.8, 4) is 11.6 Å². The van der Waals surface area contributed by atoms with Crippen LogP contribution in [-0.2, 0) is 30.1 Å². The van der Waals surface area contributed by atoms with Gasteiger partial charge in [0.2, 0.25) is 19.2 Å². The van der Waals surface area contributed by atoms with E-state index < -0.39 is 36.6 Å². The zero-order valence-electron chi connectivity index (χ0n) is 29.3. The number of ketones is 1. The third-order valence-electron chi connectivity index (χ3n) is 11.6. The number of carbonyl (C=O) groups excluding carboxylic acids is 3. The molecule has 1 saturated heterocycles. The van der Waals surface area contributed by atoms with Crippen LogP contribution < -0.4 is 9.47 Å². The van der Waals surface area contributed by atoms with Crippen molar-refractivity contribution in [2.24, 2.45) is 23.2 Å². The molecule has 4 aliphatic rings. The predicted octanol–water partition coefficient (Wildman–Crippen LogP) is 6.50. The third kappa shape index (κ3) is 7.32. The van der Waals surface area contributed by atoms with E-state index in [9.17, 15) is 23.8 Å². The summed E-state index contributed by atoms with van der Waals surface area (Å²) in [5.41, 5.74) is 0.734. The smallest absolute Gasteiger partial charge is 0.306 e. The van der Waals surface area contributed by atoms with Crippen LogP contribution in [-0.4, -0.2) is 76.7 Å². The Morgan fingerprint density at radius 2 is 1.98 bits per heavy atom. The average molecular weight is 695 g/mol. The molecule has 6 atom stereocenters. The number of rotatable bonds is 7. The molecule has 1 aromatic carbocycles. The van der Waals surface area contributed by atoms with E-state index in [1.807, 2.05) is 12.1 Å². The number of esters is 1. The summed E-state index contributed by atoms with van der Waals surface area (Å²) in [7, 11) is -2.00. The van der Waals surface area contributed by atoms with E-state index in [0.29, 0.717) is 12.3 Å². The van der Waals surface area contributed by atoms with Crippen LogP contribution in [0, 0.1) is 23.2 Å². The molecule has 2 aliphatic carbocycles. The highest BCUT2D eigenvalue weighted by atomic mass is 31.2. The van der Waals surface area contributed by atoms with Crippen LogP contribution in [0.2, 0.25) is 0 Å². The number of Topliss-reactive ketones (excluding diaryl/α,β-unsaturated/α-hetero) is 1. The fourth-order valence-corrected chi connectivity index (χ4v) is 10.2. The lowest BCUT2D eigenvalue weighted by Crippen LogP contribution is -2.46. The number of aryl methyl sites for hydroxylation is 1. The first-order valence-electron chi connectivity index (χ1n) is 17.8. The number of allylic oxidation sites excluding steroid dienone is 1.